The Bertz CT molecular complexity index is 317. The Morgan fingerprint density at radius 3 is 2.93 bits per heavy atom. The molecule has 1 rings (SSSR count). The van der Waals surface area contributed by atoms with Crippen molar-refractivity contribution in [2.75, 3.05) is 5.88 Å². The van der Waals surface area contributed by atoms with E-state index in [2.05, 4.69) is 14.9 Å². The summed E-state index contributed by atoms with van der Waals surface area (Å²) in [6.45, 7) is 4.01. The number of amides is 1. The molecule has 1 amide bonds. The van der Waals surface area contributed by atoms with Crippen LogP contribution >= 0.6 is 23.1 Å². The van der Waals surface area contributed by atoms with E-state index in [0.717, 1.165) is 24.4 Å². The minimum atomic E-state index is -0.247. The second-order valence-corrected chi connectivity index (χ2v) is 4.75. The summed E-state index contributed by atoms with van der Waals surface area (Å²) in [5, 5.41) is 6.58. The standard InChI is InChI=1S/C9H14ClN3OS/c1-3-9(2,4-5-10)12-8(14)7-6-11-13-15-7/h6H,3-5H2,1-2H3,(H,12,14). The second kappa shape index (κ2) is 5.42. The molecule has 0 aliphatic rings. The zero-order chi connectivity index (χ0) is 11.3. The van der Waals surface area contributed by atoms with E-state index in [-0.39, 0.29) is 11.4 Å². The highest BCUT2D eigenvalue weighted by atomic mass is 35.5. The maximum absolute atomic E-state index is 11.7. The van der Waals surface area contributed by atoms with E-state index in [1.807, 2.05) is 13.8 Å². The molecule has 6 heteroatoms. The van der Waals surface area contributed by atoms with Crippen molar-refractivity contribution >= 4 is 29.0 Å². The van der Waals surface area contributed by atoms with Crippen molar-refractivity contribution in [1.29, 1.82) is 0 Å². The Balaban J connectivity index is 2.63. The molecule has 0 aromatic carbocycles. The minimum absolute atomic E-state index is 0.125. The van der Waals surface area contributed by atoms with Gasteiger partial charge in [0.2, 0.25) is 0 Å². The summed E-state index contributed by atoms with van der Waals surface area (Å²) in [4.78, 5) is 12.3. The lowest BCUT2D eigenvalue weighted by molar-refractivity contribution is 0.0905. The molecule has 0 fully saturated rings. The fourth-order valence-corrected chi connectivity index (χ4v) is 1.97. The van der Waals surface area contributed by atoms with Crippen LogP contribution in [0.3, 0.4) is 0 Å². The van der Waals surface area contributed by atoms with Gasteiger partial charge in [-0.15, -0.1) is 16.7 Å². The van der Waals surface area contributed by atoms with Crippen LogP contribution in [0.2, 0.25) is 0 Å². The van der Waals surface area contributed by atoms with E-state index in [1.54, 1.807) is 0 Å². The molecule has 15 heavy (non-hydrogen) atoms. The Hall–Kier alpha value is -0.680. The van der Waals surface area contributed by atoms with Crippen LogP contribution in [0.25, 0.3) is 0 Å². The second-order valence-electron chi connectivity index (χ2n) is 3.59. The predicted octanol–water partition coefficient (Wildman–Crippen LogP) is 2.07. The van der Waals surface area contributed by atoms with Gasteiger partial charge in [0.1, 0.15) is 4.88 Å². The molecule has 1 heterocycles. The summed E-state index contributed by atoms with van der Waals surface area (Å²) in [6, 6.07) is 0. The molecule has 1 atom stereocenters. The van der Waals surface area contributed by atoms with E-state index in [4.69, 9.17) is 11.6 Å². The highest BCUT2D eigenvalue weighted by molar-refractivity contribution is 7.07. The van der Waals surface area contributed by atoms with Gasteiger partial charge in [0.25, 0.3) is 5.91 Å². The summed E-state index contributed by atoms with van der Waals surface area (Å²) >= 11 is 6.79. The number of alkyl halides is 1. The first-order valence-corrected chi connectivity index (χ1v) is 6.08. The van der Waals surface area contributed by atoms with Crippen LogP contribution in [0, 0.1) is 0 Å². The average molecular weight is 248 g/mol. The van der Waals surface area contributed by atoms with Gasteiger partial charge in [-0.2, -0.15) is 0 Å². The summed E-state index contributed by atoms with van der Waals surface area (Å²) in [5.74, 6) is 0.408. The third-order valence-corrected chi connectivity index (χ3v) is 3.28. The fraction of sp³-hybridized carbons (Fsp3) is 0.667. The van der Waals surface area contributed by atoms with Crippen LogP contribution in [-0.2, 0) is 0 Å². The molecule has 1 aromatic heterocycles. The zero-order valence-corrected chi connectivity index (χ0v) is 10.4. The van der Waals surface area contributed by atoms with Gasteiger partial charge in [0.15, 0.2) is 0 Å². The first-order valence-electron chi connectivity index (χ1n) is 4.77. The molecule has 0 spiro atoms. The Labute approximate surface area is 98.2 Å². The van der Waals surface area contributed by atoms with Crippen molar-refractivity contribution < 1.29 is 4.79 Å². The third kappa shape index (κ3) is 3.43. The summed E-state index contributed by atoms with van der Waals surface area (Å²) in [6.07, 6.45) is 3.07. The van der Waals surface area contributed by atoms with E-state index in [0.29, 0.717) is 10.8 Å². The van der Waals surface area contributed by atoms with Crippen molar-refractivity contribution in [3.8, 4) is 0 Å². The lowest BCUT2D eigenvalue weighted by atomic mass is 9.95. The minimum Gasteiger partial charge on any atom is -0.346 e. The normalized spacial score (nSPS) is 14.6. The van der Waals surface area contributed by atoms with E-state index in [1.165, 1.54) is 6.20 Å². The first-order chi connectivity index (χ1) is 7.11. The molecule has 0 saturated heterocycles. The highest BCUT2D eigenvalue weighted by Gasteiger charge is 2.24. The molecule has 1 unspecified atom stereocenters. The van der Waals surface area contributed by atoms with Crippen molar-refractivity contribution in [2.24, 2.45) is 0 Å². The number of hydrogen-bond acceptors (Lipinski definition) is 4. The van der Waals surface area contributed by atoms with E-state index < -0.39 is 0 Å². The smallest absolute Gasteiger partial charge is 0.265 e. The summed E-state index contributed by atoms with van der Waals surface area (Å²) < 4.78 is 3.65. The quantitative estimate of drug-likeness (QED) is 0.811. The van der Waals surface area contributed by atoms with Crippen LogP contribution < -0.4 is 5.32 Å². The first kappa shape index (κ1) is 12.4. The third-order valence-electron chi connectivity index (χ3n) is 2.43. The van der Waals surface area contributed by atoms with Gasteiger partial charge in [-0.3, -0.25) is 4.79 Å². The lowest BCUT2D eigenvalue weighted by Gasteiger charge is -2.28. The molecule has 0 radical (unpaired) electrons. The lowest BCUT2D eigenvalue weighted by Crippen LogP contribution is -2.45. The molecule has 0 aliphatic heterocycles. The van der Waals surface area contributed by atoms with Gasteiger partial charge < -0.3 is 5.32 Å². The largest absolute Gasteiger partial charge is 0.346 e. The number of carbonyl (C=O) groups excluding carboxylic acids is 1. The summed E-state index contributed by atoms with van der Waals surface area (Å²) in [5.41, 5.74) is -0.247. The van der Waals surface area contributed by atoms with Gasteiger partial charge in [-0.05, 0) is 31.3 Å². The molecule has 4 nitrogen and oxygen atoms in total. The highest BCUT2D eigenvalue weighted by Crippen LogP contribution is 2.16. The summed E-state index contributed by atoms with van der Waals surface area (Å²) in [7, 11) is 0. The predicted molar refractivity (Wildman–Crippen MR) is 61.4 cm³/mol. The van der Waals surface area contributed by atoms with Crippen LogP contribution in [0.4, 0.5) is 0 Å². The molecule has 0 aliphatic carbocycles. The molecular formula is C9H14ClN3OS. The Morgan fingerprint density at radius 1 is 1.73 bits per heavy atom. The zero-order valence-electron chi connectivity index (χ0n) is 8.79. The van der Waals surface area contributed by atoms with Crippen LogP contribution in [0.1, 0.15) is 36.4 Å². The maximum Gasteiger partial charge on any atom is 0.265 e. The Morgan fingerprint density at radius 2 is 2.47 bits per heavy atom. The molecule has 1 N–H and O–H groups in total. The number of nitrogens with zero attached hydrogens (tertiary/aromatic N) is 2. The number of aromatic nitrogens is 2. The molecule has 84 valence electrons. The van der Waals surface area contributed by atoms with Crippen molar-refractivity contribution in [2.45, 2.75) is 32.2 Å². The van der Waals surface area contributed by atoms with Crippen LogP contribution in [0.5, 0.6) is 0 Å². The number of halogens is 1. The van der Waals surface area contributed by atoms with Gasteiger partial charge in [-0.1, -0.05) is 11.4 Å². The van der Waals surface area contributed by atoms with Gasteiger partial charge in [0.05, 0.1) is 6.20 Å². The fourth-order valence-electron chi connectivity index (χ4n) is 1.14. The monoisotopic (exact) mass is 247 g/mol. The van der Waals surface area contributed by atoms with Crippen molar-refractivity contribution in [1.82, 2.24) is 14.9 Å². The maximum atomic E-state index is 11.7. The van der Waals surface area contributed by atoms with Crippen LogP contribution in [0.15, 0.2) is 6.20 Å². The van der Waals surface area contributed by atoms with E-state index in [9.17, 15) is 4.79 Å². The Kier molecular flexibility index (Phi) is 4.47. The SMILES string of the molecule is CCC(C)(CCCl)NC(=O)c1cnns1. The van der Waals surface area contributed by atoms with Crippen molar-refractivity contribution in [3.63, 3.8) is 0 Å². The molecule has 1 aromatic rings. The average Bonchev–Trinajstić information content (AvgIpc) is 2.71. The number of rotatable bonds is 5. The van der Waals surface area contributed by atoms with Gasteiger partial charge >= 0.3 is 0 Å². The van der Waals surface area contributed by atoms with Gasteiger partial charge in [-0.25, -0.2) is 0 Å². The molecule has 0 saturated carbocycles. The van der Waals surface area contributed by atoms with Crippen molar-refractivity contribution in [3.05, 3.63) is 11.1 Å². The number of carbonyl (C=O) groups is 1. The number of nitrogens with one attached hydrogen (secondary N) is 1. The molecule has 0 bridgehead atoms. The van der Waals surface area contributed by atoms with E-state index >= 15 is 0 Å². The topological polar surface area (TPSA) is 54.9 Å². The van der Waals surface area contributed by atoms with Gasteiger partial charge in [0, 0.05) is 11.4 Å². The molecular weight excluding hydrogens is 234 g/mol. The van der Waals surface area contributed by atoms with Crippen LogP contribution in [-0.4, -0.2) is 26.9 Å². The number of hydrogen-bond donors (Lipinski definition) is 1.